The lowest BCUT2D eigenvalue weighted by molar-refractivity contribution is -0.143. The molecule has 2 atom stereocenters. The van der Waals surface area contributed by atoms with Gasteiger partial charge in [-0.05, 0) is 68.0 Å². The highest BCUT2D eigenvalue weighted by Crippen LogP contribution is 2.29. The fourth-order valence-electron chi connectivity index (χ4n) is 4.59. The molecule has 1 aromatic carbocycles. The topological polar surface area (TPSA) is 78.6 Å². The van der Waals surface area contributed by atoms with Crippen LogP contribution in [0.15, 0.2) is 82.3 Å². The third-order valence-corrected chi connectivity index (χ3v) is 7.90. The van der Waals surface area contributed by atoms with Gasteiger partial charge in [-0.2, -0.15) is 0 Å². The normalized spacial score (nSPS) is 15.2. The van der Waals surface area contributed by atoms with E-state index < -0.39 is 0 Å². The molecule has 0 N–H and O–H groups in total. The van der Waals surface area contributed by atoms with E-state index in [1.807, 2.05) is 63.3 Å². The number of allylic oxidation sites excluding steroid dienone is 4. The lowest BCUT2D eigenvalue weighted by Crippen LogP contribution is -2.13. The highest BCUT2D eigenvalue weighted by atomic mass is 32.1. The van der Waals surface area contributed by atoms with Crippen molar-refractivity contribution < 1.29 is 23.5 Å². The van der Waals surface area contributed by atoms with Crippen molar-refractivity contribution in [1.29, 1.82) is 0 Å². The molecule has 0 bridgehead atoms. The molecule has 7 heteroatoms. The number of ketones is 1. The van der Waals surface area contributed by atoms with Gasteiger partial charge in [0.25, 0.3) is 0 Å². The van der Waals surface area contributed by atoms with Gasteiger partial charge in [-0.1, -0.05) is 62.4 Å². The van der Waals surface area contributed by atoms with Crippen LogP contribution in [-0.2, 0) is 20.7 Å². The van der Waals surface area contributed by atoms with Crippen LogP contribution in [0, 0.1) is 19.8 Å². The molecule has 1 aliphatic carbocycles. The van der Waals surface area contributed by atoms with Gasteiger partial charge in [0.05, 0.1) is 36.3 Å². The number of ether oxygens (including phenoxy) is 2. The summed E-state index contributed by atoms with van der Waals surface area (Å²) in [6, 6.07) is 14.0. The maximum Gasteiger partial charge on any atom is 0.306 e. The van der Waals surface area contributed by atoms with Crippen LogP contribution in [0.25, 0.3) is 10.4 Å². The number of hydrogen-bond donors (Lipinski definition) is 0. The molecule has 4 rings (SSSR count). The minimum atomic E-state index is -0.152. The zero-order valence-corrected chi connectivity index (χ0v) is 25.8. The lowest BCUT2D eigenvalue weighted by atomic mass is 9.89. The van der Waals surface area contributed by atoms with Gasteiger partial charge in [0.15, 0.2) is 11.7 Å². The summed E-state index contributed by atoms with van der Waals surface area (Å²) in [4.78, 5) is 29.3. The summed E-state index contributed by atoms with van der Waals surface area (Å²) >= 11 is 1.54. The summed E-state index contributed by atoms with van der Waals surface area (Å²) in [6.07, 6.45) is 10.2. The molecule has 0 amide bonds. The van der Waals surface area contributed by atoms with Gasteiger partial charge in [-0.15, -0.1) is 11.3 Å². The third kappa shape index (κ3) is 9.80. The van der Waals surface area contributed by atoms with E-state index >= 15 is 0 Å². The van der Waals surface area contributed by atoms with E-state index in [2.05, 4.69) is 43.1 Å². The van der Waals surface area contributed by atoms with E-state index in [0.717, 1.165) is 34.1 Å². The molecular formula is C34H41NO5S. The van der Waals surface area contributed by atoms with Crippen LogP contribution in [0.4, 0.5) is 0 Å². The fraction of sp³-hybridized carbons (Fsp3) is 0.382. The summed E-state index contributed by atoms with van der Waals surface area (Å²) < 4.78 is 16.6. The van der Waals surface area contributed by atoms with Crippen molar-refractivity contribution in [2.45, 2.75) is 66.9 Å². The molecule has 2 unspecified atom stereocenters. The van der Waals surface area contributed by atoms with Crippen LogP contribution in [0.1, 0.15) is 67.6 Å². The first-order chi connectivity index (χ1) is 19.7. The van der Waals surface area contributed by atoms with E-state index in [1.165, 1.54) is 16.7 Å². The number of aryl methyl sites for hydroxylation is 2. The zero-order chi connectivity index (χ0) is 29.8. The SMILES string of the molecule is CC(=O)c1ccc(-c2ccccc2)s1.CCOC(=O)CC(C)C1=CC=CC(OCCc2nc(C)oc2C)C=C1CC. The Morgan fingerprint density at radius 3 is 2.46 bits per heavy atom. The Hall–Kier alpha value is -3.55. The number of hydrogen-bond acceptors (Lipinski definition) is 7. The van der Waals surface area contributed by atoms with Gasteiger partial charge >= 0.3 is 5.97 Å². The highest BCUT2D eigenvalue weighted by Gasteiger charge is 2.19. The van der Waals surface area contributed by atoms with Gasteiger partial charge < -0.3 is 13.9 Å². The monoisotopic (exact) mass is 575 g/mol. The Morgan fingerprint density at radius 1 is 1.10 bits per heavy atom. The third-order valence-electron chi connectivity index (χ3n) is 6.66. The van der Waals surface area contributed by atoms with E-state index in [9.17, 15) is 9.59 Å². The number of carbonyl (C=O) groups excluding carboxylic acids is 2. The number of benzene rings is 1. The second-order valence-corrected chi connectivity index (χ2v) is 11.0. The summed E-state index contributed by atoms with van der Waals surface area (Å²) in [5, 5.41) is 0. The van der Waals surface area contributed by atoms with Crippen molar-refractivity contribution in [3.8, 4) is 10.4 Å². The van der Waals surface area contributed by atoms with E-state index in [-0.39, 0.29) is 23.8 Å². The van der Waals surface area contributed by atoms with Crippen LogP contribution < -0.4 is 0 Å². The predicted molar refractivity (Wildman–Crippen MR) is 165 cm³/mol. The molecule has 218 valence electrons. The molecule has 0 saturated carbocycles. The van der Waals surface area contributed by atoms with Crippen LogP contribution in [0.3, 0.4) is 0 Å². The zero-order valence-electron chi connectivity index (χ0n) is 24.9. The Bertz CT molecular complexity index is 1380. The second kappa shape index (κ2) is 16.0. The Balaban J connectivity index is 0.000000275. The maximum absolute atomic E-state index is 11.8. The molecule has 2 aromatic heterocycles. The number of esters is 1. The van der Waals surface area contributed by atoms with Crippen LogP contribution in [0.2, 0.25) is 0 Å². The average Bonchev–Trinajstić information content (AvgIpc) is 3.50. The summed E-state index contributed by atoms with van der Waals surface area (Å²) in [5.41, 5.74) is 4.52. The molecule has 6 nitrogen and oxygen atoms in total. The van der Waals surface area contributed by atoms with Gasteiger partial charge in [-0.25, -0.2) is 4.98 Å². The second-order valence-electron chi connectivity index (χ2n) is 9.87. The van der Waals surface area contributed by atoms with Crippen molar-refractivity contribution in [3.05, 3.63) is 100 Å². The van der Waals surface area contributed by atoms with Crippen molar-refractivity contribution in [1.82, 2.24) is 4.98 Å². The number of oxazole rings is 1. The van der Waals surface area contributed by atoms with Gasteiger partial charge in [0.1, 0.15) is 5.76 Å². The first-order valence-electron chi connectivity index (χ1n) is 14.2. The first kappa shape index (κ1) is 32.0. The molecule has 2 heterocycles. The fourth-order valence-corrected chi connectivity index (χ4v) is 5.50. The van der Waals surface area contributed by atoms with Gasteiger partial charge in [0, 0.05) is 18.2 Å². The number of Topliss-reactive ketones (excluding diaryl/α,β-unsaturated/α-hetero) is 1. The van der Waals surface area contributed by atoms with Crippen molar-refractivity contribution in [3.63, 3.8) is 0 Å². The quantitative estimate of drug-likeness (QED) is 0.169. The molecule has 0 saturated heterocycles. The predicted octanol–water partition coefficient (Wildman–Crippen LogP) is 8.26. The van der Waals surface area contributed by atoms with Gasteiger partial charge in [-0.3, -0.25) is 9.59 Å². The summed E-state index contributed by atoms with van der Waals surface area (Å²) in [6.45, 7) is 12.4. The molecule has 0 radical (unpaired) electrons. The number of aromatic nitrogens is 1. The largest absolute Gasteiger partial charge is 0.466 e. The highest BCUT2D eigenvalue weighted by molar-refractivity contribution is 7.17. The van der Waals surface area contributed by atoms with Crippen molar-refractivity contribution in [2.75, 3.05) is 13.2 Å². The number of thiophene rings is 1. The number of carbonyl (C=O) groups is 2. The smallest absolute Gasteiger partial charge is 0.306 e. The Morgan fingerprint density at radius 2 is 1.85 bits per heavy atom. The maximum atomic E-state index is 11.8. The van der Waals surface area contributed by atoms with E-state index in [4.69, 9.17) is 13.9 Å². The summed E-state index contributed by atoms with van der Waals surface area (Å²) in [5.74, 6) is 1.64. The summed E-state index contributed by atoms with van der Waals surface area (Å²) in [7, 11) is 0. The minimum Gasteiger partial charge on any atom is -0.466 e. The number of rotatable bonds is 11. The first-order valence-corrected chi connectivity index (χ1v) is 15.0. The Labute approximate surface area is 247 Å². The van der Waals surface area contributed by atoms with E-state index in [1.54, 1.807) is 18.3 Å². The molecule has 0 spiro atoms. The van der Waals surface area contributed by atoms with Crippen molar-refractivity contribution in [2.24, 2.45) is 5.92 Å². The molecule has 0 aliphatic heterocycles. The van der Waals surface area contributed by atoms with Gasteiger partial charge in [0.2, 0.25) is 0 Å². The van der Waals surface area contributed by atoms with Crippen molar-refractivity contribution >= 4 is 23.1 Å². The molecular weight excluding hydrogens is 534 g/mol. The average molecular weight is 576 g/mol. The molecule has 41 heavy (non-hydrogen) atoms. The standard InChI is InChI=1S/C22H31NO4.C12H10OS/c1-6-18-14-19(26-12-11-21-16(4)27-17(5)23-21)9-8-10-20(18)15(3)13-22(24)25-7-2;1-9(13)11-7-8-12(14-11)10-5-3-2-4-6-10/h8-10,14-15,19H,6-7,11-13H2,1-5H3;2-8H,1H3. The molecule has 3 aromatic rings. The van der Waals surface area contributed by atoms with Crippen LogP contribution >= 0.6 is 11.3 Å². The van der Waals surface area contributed by atoms with Crippen LogP contribution in [-0.4, -0.2) is 36.1 Å². The lowest BCUT2D eigenvalue weighted by Gasteiger charge is -2.18. The molecule has 0 fully saturated rings. The number of nitrogens with zero attached hydrogens (tertiary/aromatic N) is 1. The van der Waals surface area contributed by atoms with E-state index in [0.29, 0.717) is 25.5 Å². The minimum absolute atomic E-state index is 0.0863. The Kier molecular flexibility index (Phi) is 12.5. The molecule has 1 aliphatic rings. The van der Waals surface area contributed by atoms with Crippen LogP contribution in [0.5, 0.6) is 0 Å².